The standard InChI is InChI=1S/C12H20N4O/c1-17-11-6-8-14-12(15-11)16(9-3-7-13)10-4-2-5-10/h6,8,10H,2-5,7,9,13H2,1H3. The van der Waals surface area contributed by atoms with E-state index in [1.807, 2.05) is 0 Å². The number of nitrogens with two attached hydrogens (primary N) is 1. The van der Waals surface area contributed by atoms with E-state index >= 15 is 0 Å². The van der Waals surface area contributed by atoms with Crippen LogP contribution in [0.1, 0.15) is 25.7 Å². The molecule has 1 aromatic rings. The minimum atomic E-state index is 0.577. The second-order valence-electron chi connectivity index (χ2n) is 4.32. The van der Waals surface area contributed by atoms with Gasteiger partial charge in [-0.05, 0) is 32.2 Å². The van der Waals surface area contributed by atoms with Crippen molar-refractivity contribution >= 4 is 5.95 Å². The van der Waals surface area contributed by atoms with Crippen LogP contribution in [0.25, 0.3) is 0 Å². The van der Waals surface area contributed by atoms with E-state index in [1.54, 1.807) is 19.4 Å². The molecule has 0 aromatic carbocycles. The molecule has 1 aliphatic carbocycles. The Balaban J connectivity index is 2.11. The van der Waals surface area contributed by atoms with Gasteiger partial charge in [0.15, 0.2) is 0 Å². The molecule has 1 saturated carbocycles. The predicted molar refractivity (Wildman–Crippen MR) is 67.2 cm³/mol. The molecule has 17 heavy (non-hydrogen) atoms. The summed E-state index contributed by atoms with van der Waals surface area (Å²) in [4.78, 5) is 11.0. The zero-order valence-corrected chi connectivity index (χ0v) is 10.3. The number of ether oxygens (including phenoxy) is 1. The van der Waals surface area contributed by atoms with Gasteiger partial charge in [-0.3, -0.25) is 0 Å². The highest BCUT2D eigenvalue weighted by molar-refractivity contribution is 5.34. The van der Waals surface area contributed by atoms with E-state index < -0.39 is 0 Å². The van der Waals surface area contributed by atoms with Crippen LogP contribution in [0, 0.1) is 0 Å². The summed E-state index contributed by atoms with van der Waals surface area (Å²) in [5.74, 6) is 1.38. The molecule has 0 atom stereocenters. The van der Waals surface area contributed by atoms with E-state index in [2.05, 4.69) is 14.9 Å². The van der Waals surface area contributed by atoms with Gasteiger partial charge in [0.1, 0.15) is 0 Å². The van der Waals surface area contributed by atoms with Crippen LogP contribution in [0.3, 0.4) is 0 Å². The van der Waals surface area contributed by atoms with Gasteiger partial charge in [-0.25, -0.2) is 4.98 Å². The van der Waals surface area contributed by atoms with Crippen LogP contribution in [0.15, 0.2) is 12.3 Å². The van der Waals surface area contributed by atoms with Crippen LogP contribution >= 0.6 is 0 Å². The highest BCUT2D eigenvalue weighted by Gasteiger charge is 2.26. The lowest BCUT2D eigenvalue weighted by molar-refractivity contribution is 0.372. The van der Waals surface area contributed by atoms with Crippen LogP contribution < -0.4 is 15.4 Å². The molecule has 5 heteroatoms. The first-order chi connectivity index (χ1) is 8.35. The quantitative estimate of drug-likeness (QED) is 0.804. The lowest BCUT2D eigenvalue weighted by Crippen LogP contribution is -2.42. The van der Waals surface area contributed by atoms with Crippen molar-refractivity contribution in [2.45, 2.75) is 31.7 Å². The fourth-order valence-corrected chi connectivity index (χ4v) is 1.99. The number of rotatable bonds is 6. The maximum Gasteiger partial charge on any atom is 0.228 e. The van der Waals surface area contributed by atoms with Gasteiger partial charge in [0, 0.05) is 24.8 Å². The van der Waals surface area contributed by atoms with Crippen LogP contribution in [0.4, 0.5) is 5.95 Å². The molecule has 0 spiro atoms. The van der Waals surface area contributed by atoms with Gasteiger partial charge in [-0.1, -0.05) is 0 Å². The highest BCUT2D eigenvalue weighted by Crippen LogP contribution is 2.28. The fourth-order valence-electron chi connectivity index (χ4n) is 1.99. The normalized spacial score (nSPS) is 15.4. The summed E-state index contributed by atoms with van der Waals surface area (Å²) in [6.07, 6.45) is 6.47. The lowest BCUT2D eigenvalue weighted by Gasteiger charge is -2.37. The Labute approximate surface area is 102 Å². The first-order valence-electron chi connectivity index (χ1n) is 6.19. The van der Waals surface area contributed by atoms with Gasteiger partial charge in [-0.15, -0.1) is 0 Å². The highest BCUT2D eigenvalue weighted by atomic mass is 16.5. The summed E-state index contributed by atoms with van der Waals surface area (Å²) in [6, 6.07) is 2.35. The first kappa shape index (κ1) is 12.1. The van der Waals surface area contributed by atoms with Crippen molar-refractivity contribution in [3.05, 3.63) is 12.3 Å². The molecular formula is C12H20N4O. The summed E-state index contributed by atoms with van der Waals surface area (Å²) in [7, 11) is 1.62. The third kappa shape index (κ3) is 2.85. The van der Waals surface area contributed by atoms with Crippen molar-refractivity contribution in [3.8, 4) is 5.88 Å². The van der Waals surface area contributed by atoms with Crippen molar-refractivity contribution in [1.82, 2.24) is 9.97 Å². The van der Waals surface area contributed by atoms with Gasteiger partial charge in [-0.2, -0.15) is 4.98 Å². The van der Waals surface area contributed by atoms with Gasteiger partial charge < -0.3 is 15.4 Å². The minimum Gasteiger partial charge on any atom is -0.481 e. The van der Waals surface area contributed by atoms with E-state index in [4.69, 9.17) is 10.5 Å². The fraction of sp³-hybridized carbons (Fsp3) is 0.667. The SMILES string of the molecule is COc1ccnc(N(CCCN)C2CCC2)n1. The number of nitrogens with zero attached hydrogens (tertiary/aromatic N) is 3. The van der Waals surface area contributed by atoms with Crippen LogP contribution in [0.2, 0.25) is 0 Å². The number of hydrogen-bond donors (Lipinski definition) is 1. The Morgan fingerprint density at radius 1 is 1.53 bits per heavy atom. The third-order valence-electron chi connectivity index (χ3n) is 3.20. The topological polar surface area (TPSA) is 64.3 Å². The molecule has 0 amide bonds. The van der Waals surface area contributed by atoms with Gasteiger partial charge in [0.05, 0.1) is 7.11 Å². The molecule has 1 aliphatic rings. The molecule has 0 aliphatic heterocycles. The summed E-state index contributed by atoms with van der Waals surface area (Å²) in [5.41, 5.74) is 5.58. The average Bonchev–Trinajstić information content (AvgIpc) is 2.32. The first-order valence-corrected chi connectivity index (χ1v) is 6.19. The van der Waals surface area contributed by atoms with Gasteiger partial charge in [0.2, 0.25) is 11.8 Å². The van der Waals surface area contributed by atoms with Crippen molar-refractivity contribution in [1.29, 1.82) is 0 Å². The maximum absolute atomic E-state index is 5.58. The number of hydrogen-bond acceptors (Lipinski definition) is 5. The molecular weight excluding hydrogens is 216 g/mol. The zero-order valence-electron chi connectivity index (χ0n) is 10.3. The molecule has 0 bridgehead atoms. The van der Waals surface area contributed by atoms with E-state index in [0.717, 1.165) is 18.9 Å². The maximum atomic E-state index is 5.58. The largest absolute Gasteiger partial charge is 0.481 e. The molecule has 5 nitrogen and oxygen atoms in total. The van der Waals surface area contributed by atoms with Gasteiger partial charge in [0.25, 0.3) is 0 Å². The molecule has 0 unspecified atom stereocenters. The molecule has 0 radical (unpaired) electrons. The Hall–Kier alpha value is -1.36. The van der Waals surface area contributed by atoms with Crippen molar-refractivity contribution in [3.63, 3.8) is 0 Å². The van der Waals surface area contributed by atoms with E-state index in [1.165, 1.54) is 19.3 Å². The van der Waals surface area contributed by atoms with E-state index in [9.17, 15) is 0 Å². The number of aromatic nitrogens is 2. The molecule has 2 N–H and O–H groups in total. The Kier molecular flexibility index (Phi) is 4.14. The van der Waals surface area contributed by atoms with Gasteiger partial charge >= 0.3 is 0 Å². The molecule has 0 saturated heterocycles. The Morgan fingerprint density at radius 2 is 2.35 bits per heavy atom. The number of anilines is 1. The number of methoxy groups -OCH3 is 1. The van der Waals surface area contributed by atoms with Crippen molar-refractivity contribution in [2.75, 3.05) is 25.1 Å². The smallest absolute Gasteiger partial charge is 0.228 e. The lowest BCUT2D eigenvalue weighted by atomic mass is 9.91. The van der Waals surface area contributed by atoms with Crippen LogP contribution in [-0.2, 0) is 0 Å². The summed E-state index contributed by atoms with van der Waals surface area (Å²) >= 11 is 0. The molecule has 1 fully saturated rings. The van der Waals surface area contributed by atoms with E-state index in [0.29, 0.717) is 18.5 Å². The molecule has 1 aromatic heterocycles. The van der Waals surface area contributed by atoms with Crippen molar-refractivity contribution in [2.24, 2.45) is 5.73 Å². The summed E-state index contributed by atoms with van der Waals surface area (Å²) in [6.45, 7) is 1.63. The monoisotopic (exact) mass is 236 g/mol. The summed E-state index contributed by atoms with van der Waals surface area (Å²) < 4.78 is 5.14. The second-order valence-corrected chi connectivity index (χ2v) is 4.32. The molecule has 94 valence electrons. The van der Waals surface area contributed by atoms with Crippen LogP contribution in [-0.4, -0.2) is 36.2 Å². The third-order valence-corrected chi connectivity index (χ3v) is 3.20. The van der Waals surface area contributed by atoms with E-state index in [-0.39, 0.29) is 0 Å². The Bertz CT molecular complexity index is 354. The second kappa shape index (κ2) is 5.82. The summed E-state index contributed by atoms with van der Waals surface area (Å²) in [5, 5.41) is 0. The minimum absolute atomic E-state index is 0.577. The molecule has 1 heterocycles. The Morgan fingerprint density at radius 3 is 2.94 bits per heavy atom. The zero-order chi connectivity index (χ0) is 12.1. The predicted octanol–water partition coefficient (Wildman–Crippen LogP) is 1.19. The van der Waals surface area contributed by atoms with Crippen molar-refractivity contribution < 1.29 is 4.74 Å². The molecule has 2 rings (SSSR count). The van der Waals surface area contributed by atoms with Crippen LogP contribution in [0.5, 0.6) is 5.88 Å². The average molecular weight is 236 g/mol.